The molecular weight excluding hydrogens is 325 g/mol. The molecule has 1 aliphatic rings. The molecule has 3 rings (SSSR count). The monoisotopic (exact) mass is 331 g/mol. The maximum Gasteiger partial charge on any atom is 0.229 e. The second-order valence-electron chi connectivity index (χ2n) is 4.01. The van der Waals surface area contributed by atoms with Gasteiger partial charge in [0.2, 0.25) is 5.28 Å². The number of hydrogen-bond donors (Lipinski definition) is 0. The van der Waals surface area contributed by atoms with Crippen LogP contribution in [0, 0.1) is 0 Å². The Balaban J connectivity index is 2.20. The van der Waals surface area contributed by atoms with E-state index in [1.165, 1.54) is 0 Å². The summed E-state index contributed by atoms with van der Waals surface area (Å²) in [6, 6.07) is 5.65. The summed E-state index contributed by atoms with van der Waals surface area (Å²) >= 11 is 15.7. The summed E-state index contributed by atoms with van der Waals surface area (Å²) in [7, 11) is 0. The maximum absolute atomic E-state index is 6.10. The van der Waals surface area contributed by atoms with Crippen LogP contribution in [0.25, 0.3) is 5.69 Å². The highest BCUT2D eigenvalue weighted by molar-refractivity contribution is 9.10. The van der Waals surface area contributed by atoms with E-state index < -0.39 is 0 Å². The zero-order valence-corrected chi connectivity index (χ0v) is 11.8. The minimum absolute atomic E-state index is 0.370. The first-order chi connectivity index (χ1) is 8.18. The zero-order valence-electron chi connectivity index (χ0n) is 8.70. The van der Waals surface area contributed by atoms with E-state index in [9.17, 15) is 0 Å². The summed E-state index contributed by atoms with van der Waals surface area (Å²) in [5, 5.41) is 9.10. The van der Waals surface area contributed by atoms with Gasteiger partial charge in [-0.25, -0.2) is 0 Å². The molecule has 17 heavy (non-hydrogen) atoms. The molecule has 88 valence electrons. The van der Waals surface area contributed by atoms with Gasteiger partial charge in [-0.1, -0.05) is 17.7 Å². The van der Waals surface area contributed by atoms with E-state index in [0.717, 1.165) is 28.8 Å². The number of benzene rings is 1. The molecule has 6 heteroatoms. The number of rotatable bonds is 2. The van der Waals surface area contributed by atoms with Crippen LogP contribution < -0.4 is 0 Å². The molecule has 1 aromatic heterocycles. The quantitative estimate of drug-likeness (QED) is 0.824. The summed E-state index contributed by atoms with van der Waals surface area (Å²) in [4.78, 5) is 0. The standard InChI is InChI=1S/C11H8BrCl2N3/c12-9-7(13)2-1-3-8(9)17-10(6-4-5-6)15-16-11(17)14/h1-3,6H,4-5H2. The summed E-state index contributed by atoms with van der Waals surface area (Å²) in [6.07, 6.45) is 2.29. The van der Waals surface area contributed by atoms with Crippen molar-refractivity contribution in [2.45, 2.75) is 18.8 Å². The Morgan fingerprint density at radius 1 is 1.24 bits per heavy atom. The van der Waals surface area contributed by atoms with Crippen LogP contribution in [0.15, 0.2) is 22.7 Å². The van der Waals surface area contributed by atoms with Crippen molar-refractivity contribution in [2.75, 3.05) is 0 Å². The smallest absolute Gasteiger partial charge is 0.229 e. The molecular formula is C11H8BrCl2N3. The van der Waals surface area contributed by atoms with Gasteiger partial charge in [-0.3, -0.25) is 4.57 Å². The summed E-state index contributed by atoms with van der Waals surface area (Å²) < 4.78 is 2.67. The van der Waals surface area contributed by atoms with Gasteiger partial charge >= 0.3 is 0 Å². The molecule has 1 saturated carbocycles. The highest BCUT2D eigenvalue weighted by Crippen LogP contribution is 2.42. The van der Waals surface area contributed by atoms with Crippen molar-refractivity contribution in [1.82, 2.24) is 14.8 Å². The maximum atomic E-state index is 6.10. The Hall–Kier alpha value is -0.580. The zero-order chi connectivity index (χ0) is 12.0. The third-order valence-corrected chi connectivity index (χ3v) is 4.38. The molecule has 0 aliphatic heterocycles. The van der Waals surface area contributed by atoms with E-state index in [1.54, 1.807) is 0 Å². The van der Waals surface area contributed by atoms with E-state index in [-0.39, 0.29) is 0 Å². The molecule has 0 N–H and O–H groups in total. The molecule has 0 atom stereocenters. The highest BCUT2D eigenvalue weighted by Gasteiger charge is 2.31. The van der Waals surface area contributed by atoms with Crippen molar-refractivity contribution in [3.8, 4) is 5.69 Å². The second kappa shape index (κ2) is 4.26. The Kier molecular flexibility index (Phi) is 2.89. The van der Waals surface area contributed by atoms with Gasteiger partial charge in [0, 0.05) is 5.92 Å². The van der Waals surface area contributed by atoms with E-state index in [4.69, 9.17) is 23.2 Å². The second-order valence-corrected chi connectivity index (χ2v) is 5.55. The number of nitrogens with zero attached hydrogens (tertiary/aromatic N) is 3. The minimum atomic E-state index is 0.370. The molecule has 2 aromatic rings. The van der Waals surface area contributed by atoms with Gasteiger partial charge in [-0.2, -0.15) is 0 Å². The average molecular weight is 333 g/mol. The van der Waals surface area contributed by atoms with Crippen molar-refractivity contribution < 1.29 is 0 Å². The molecule has 0 saturated heterocycles. The lowest BCUT2D eigenvalue weighted by atomic mass is 10.3. The van der Waals surface area contributed by atoms with Crippen LogP contribution in [0.4, 0.5) is 0 Å². The number of aromatic nitrogens is 3. The van der Waals surface area contributed by atoms with Crippen LogP contribution in [-0.4, -0.2) is 14.8 Å². The van der Waals surface area contributed by atoms with E-state index >= 15 is 0 Å². The lowest BCUT2D eigenvalue weighted by molar-refractivity contribution is 0.869. The first-order valence-corrected chi connectivity index (χ1v) is 6.78. The van der Waals surface area contributed by atoms with Gasteiger partial charge < -0.3 is 0 Å². The van der Waals surface area contributed by atoms with Gasteiger partial charge in [0.1, 0.15) is 5.82 Å². The fourth-order valence-corrected chi connectivity index (χ4v) is 2.60. The molecule has 0 unspecified atom stereocenters. The molecule has 1 fully saturated rings. The van der Waals surface area contributed by atoms with Gasteiger partial charge in [-0.05, 0) is 52.5 Å². The third kappa shape index (κ3) is 1.98. The number of hydrogen-bond acceptors (Lipinski definition) is 2. The summed E-state index contributed by atoms with van der Waals surface area (Å²) in [6.45, 7) is 0. The predicted octanol–water partition coefficient (Wildman–Crippen LogP) is 4.21. The Labute approximate surface area is 117 Å². The van der Waals surface area contributed by atoms with Crippen molar-refractivity contribution >= 4 is 39.1 Å². The van der Waals surface area contributed by atoms with Crippen LogP contribution >= 0.6 is 39.1 Å². The molecule has 0 amide bonds. The van der Waals surface area contributed by atoms with E-state index in [1.807, 2.05) is 22.8 Å². The topological polar surface area (TPSA) is 30.7 Å². The van der Waals surface area contributed by atoms with Gasteiger partial charge in [0.25, 0.3) is 0 Å². The van der Waals surface area contributed by atoms with Crippen molar-refractivity contribution in [2.24, 2.45) is 0 Å². The lowest BCUT2D eigenvalue weighted by Crippen LogP contribution is -2.01. The van der Waals surface area contributed by atoms with Crippen LogP contribution in [-0.2, 0) is 0 Å². The molecule has 1 aromatic carbocycles. The predicted molar refractivity (Wildman–Crippen MR) is 71.1 cm³/mol. The first-order valence-electron chi connectivity index (χ1n) is 5.23. The van der Waals surface area contributed by atoms with E-state index in [2.05, 4.69) is 26.1 Å². The molecule has 0 radical (unpaired) electrons. The van der Waals surface area contributed by atoms with Gasteiger partial charge in [0.15, 0.2) is 0 Å². The minimum Gasteiger partial charge on any atom is -0.268 e. The molecule has 1 heterocycles. The Morgan fingerprint density at radius 2 is 2.00 bits per heavy atom. The Morgan fingerprint density at radius 3 is 2.71 bits per heavy atom. The van der Waals surface area contributed by atoms with Crippen LogP contribution in [0.1, 0.15) is 24.6 Å². The van der Waals surface area contributed by atoms with Crippen LogP contribution in [0.2, 0.25) is 10.3 Å². The molecule has 0 bridgehead atoms. The Bertz CT molecular complexity index is 578. The van der Waals surface area contributed by atoms with Crippen molar-refractivity contribution in [3.05, 3.63) is 38.8 Å². The largest absolute Gasteiger partial charge is 0.268 e. The van der Waals surface area contributed by atoms with Crippen LogP contribution in [0.3, 0.4) is 0 Å². The van der Waals surface area contributed by atoms with Gasteiger partial charge in [0.05, 0.1) is 15.2 Å². The fraction of sp³-hybridized carbons (Fsp3) is 0.273. The highest BCUT2D eigenvalue weighted by atomic mass is 79.9. The van der Waals surface area contributed by atoms with Gasteiger partial charge in [-0.15, -0.1) is 10.2 Å². The fourth-order valence-electron chi connectivity index (χ4n) is 1.77. The summed E-state index contributed by atoms with van der Waals surface area (Å²) in [5.41, 5.74) is 0.884. The van der Waals surface area contributed by atoms with Crippen molar-refractivity contribution in [3.63, 3.8) is 0 Å². The first kappa shape index (κ1) is 11.5. The molecule has 0 spiro atoms. The molecule has 3 nitrogen and oxygen atoms in total. The van der Waals surface area contributed by atoms with Crippen LogP contribution in [0.5, 0.6) is 0 Å². The SMILES string of the molecule is Clc1cccc(-n2c(Cl)nnc2C2CC2)c1Br. The third-order valence-electron chi connectivity index (χ3n) is 2.76. The molecule has 1 aliphatic carbocycles. The number of halogens is 3. The summed E-state index contributed by atoms with van der Waals surface area (Å²) in [5.74, 6) is 1.39. The average Bonchev–Trinajstić information content (AvgIpc) is 3.08. The van der Waals surface area contributed by atoms with E-state index in [0.29, 0.717) is 16.2 Å². The normalized spacial score (nSPS) is 15.2. The lowest BCUT2D eigenvalue weighted by Gasteiger charge is -2.10. The van der Waals surface area contributed by atoms with Crippen molar-refractivity contribution in [1.29, 1.82) is 0 Å².